The zero-order valence-electron chi connectivity index (χ0n) is 19.6. The highest BCUT2D eigenvalue weighted by Crippen LogP contribution is 2.35. The van der Waals surface area contributed by atoms with Crippen molar-refractivity contribution in [3.05, 3.63) is 53.5 Å². The summed E-state index contributed by atoms with van der Waals surface area (Å²) in [4.78, 5) is 18.9. The molecule has 0 spiro atoms. The molecule has 0 bridgehead atoms. The summed E-state index contributed by atoms with van der Waals surface area (Å²) in [6, 6.07) is 10.3. The number of carbonyl (C=O) groups excluding carboxylic acids is 1. The molecule has 0 saturated heterocycles. The van der Waals surface area contributed by atoms with Crippen molar-refractivity contribution in [2.45, 2.75) is 65.1 Å². The quantitative estimate of drug-likeness (QED) is 0.286. The highest BCUT2D eigenvalue weighted by atomic mass is 127. The Morgan fingerprint density at radius 1 is 1.25 bits per heavy atom. The number of rotatable bonds is 7. The number of amides is 1. The first-order valence-corrected chi connectivity index (χ1v) is 10.9. The standard InChI is InChI=1S/C24H34N4O3.HI/c1-17-15-18(16-27-22(25-5)26-13-12-20-7-6-14-30-20)8-11-21(17)28(19-9-10-19)23(29)31-24(2,3)4;/h6-8,11,14-15,19H,9-10,12-13,16H2,1-5H3,(H2,25,26,27);1H. The molecule has 3 rings (SSSR count). The van der Waals surface area contributed by atoms with Gasteiger partial charge in [0, 0.05) is 32.6 Å². The maximum Gasteiger partial charge on any atom is 0.415 e. The molecule has 2 N–H and O–H groups in total. The average molecular weight is 554 g/mol. The van der Waals surface area contributed by atoms with Gasteiger partial charge in [-0.3, -0.25) is 9.89 Å². The average Bonchev–Trinajstić information content (AvgIpc) is 3.39. The fourth-order valence-electron chi connectivity index (χ4n) is 3.35. The maximum absolute atomic E-state index is 12.8. The molecule has 0 aliphatic heterocycles. The van der Waals surface area contributed by atoms with E-state index in [4.69, 9.17) is 9.15 Å². The molecular formula is C24H35IN4O3. The fourth-order valence-corrected chi connectivity index (χ4v) is 3.35. The van der Waals surface area contributed by atoms with Crippen LogP contribution in [0.15, 0.2) is 46.0 Å². The van der Waals surface area contributed by atoms with Gasteiger partial charge >= 0.3 is 6.09 Å². The summed E-state index contributed by atoms with van der Waals surface area (Å²) in [5, 5.41) is 6.63. The second-order valence-electron chi connectivity index (χ2n) is 8.88. The number of hydrogen-bond acceptors (Lipinski definition) is 4. The highest BCUT2D eigenvalue weighted by Gasteiger charge is 2.37. The smallest absolute Gasteiger partial charge is 0.415 e. The summed E-state index contributed by atoms with van der Waals surface area (Å²) in [5.41, 5.74) is 2.58. The number of furan rings is 1. The third kappa shape index (κ3) is 7.72. The Morgan fingerprint density at radius 2 is 2.00 bits per heavy atom. The molecule has 1 amide bonds. The monoisotopic (exact) mass is 554 g/mol. The van der Waals surface area contributed by atoms with Crippen LogP contribution >= 0.6 is 24.0 Å². The molecule has 1 aromatic carbocycles. The van der Waals surface area contributed by atoms with Crippen LogP contribution < -0.4 is 15.5 Å². The number of aliphatic imine (C=N–C) groups is 1. The van der Waals surface area contributed by atoms with Crippen molar-refractivity contribution in [3.63, 3.8) is 0 Å². The lowest BCUT2D eigenvalue weighted by molar-refractivity contribution is 0.0577. The second kappa shape index (κ2) is 11.6. The summed E-state index contributed by atoms with van der Waals surface area (Å²) in [7, 11) is 1.75. The predicted octanol–water partition coefficient (Wildman–Crippen LogP) is 5.02. The molecule has 1 aromatic heterocycles. The molecule has 2 aromatic rings. The number of hydrogen-bond donors (Lipinski definition) is 2. The Hall–Kier alpha value is -2.23. The number of nitrogens with one attached hydrogen (secondary N) is 2. The van der Waals surface area contributed by atoms with E-state index in [1.54, 1.807) is 13.3 Å². The summed E-state index contributed by atoms with van der Waals surface area (Å²) in [5.74, 6) is 1.68. The molecule has 7 nitrogen and oxygen atoms in total. The first-order chi connectivity index (χ1) is 14.8. The number of benzene rings is 1. The second-order valence-corrected chi connectivity index (χ2v) is 8.88. The van der Waals surface area contributed by atoms with Crippen LogP contribution in [-0.2, 0) is 17.7 Å². The topological polar surface area (TPSA) is 79.1 Å². The number of nitrogens with zero attached hydrogens (tertiary/aromatic N) is 2. The van der Waals surface area contributed by atoms with Crippen molar-refractivity contribution < 1.29 is 13.9 Å². The van der Waals surface area contributed by atoms with Crippen molar-refractivity contribution in [2.75, 3.05) is 18.5 Å². The van der Waals surface area contributed by atoms with E-state index in [0.717, 1.165) is 54.3 Å². The summed E-state index contributed by atoms with van der Waals surface area (Å²) >= 11 is 0. The molecule has 0 radical (unpaired) electrons. The Labute approximate surface area is 208 Å². The normalized spacial score (nSPS) is 13.8. The van der Waals surface area contributed by atoms with Crippen molar-refractivity contribution in [3.8, 4) is 0 Å². The van der Waals surface area contributed by atoms with Crippen LogP contribution in [0, 0.1) is 6.92 Å². The van der Waals surface area contributed by atoms with Crippen LogP contribution in [0.2, 0.25) is 0 Å². The lowest BCUT2D eigenvalue weighted by Gasteiger charge is -2.28. The number of carbonyl (C=O) groups is 1. The van der Waals surface area contributed by atoms with Gasteiger partial charge in [-0.1, -0.05) is 12.1 Å². The third-order valence-corrected chi connectivity index (χ3v) is 4.95. The van der Waals surface area contributed by atoms with Gasteiger partial charge in [-0.2, -0.15) is 0 Å². The minimum Gasteiger partial charge on any atom is -0.469 e. The lowest BCUT2D eigenvalue weighted by Crippen LogP contribution is -2.39. The third-order valence-electron chi connectivity index (χ3n) is 4.95. The Bertz CT molecular complexity index is 902. The van der Waals surface area contributed by atoms with Gasteiger partial charge in [-0.15, -0.1) is 24.0 Å². The van der Waals surface area contributed by atoms with Crippen LogP contribution in [0.5, 0.6) is 0 Å². The summed E-state index contributed by atoms with van der Waals surface area (Å²) in [6.45, 7) is 9.09. The molecular weight excluding hydrogens is 519 g/mol. The molecule has 8 heteroatoms. The van der Waals surface area contributed by atoms with E-state index in [-0.39, 0.29) is 36.1 Å². The number of halogens is 1. The molecule has 0 atom stereocenters. The van der Waals surface area contributed by atoms with Gasteiger partial charge in [0.25, 0.3) is 0 Å². The van der Waals surface area contributed by atoms with E-state index in [2.05, 4.69) is 21.7 Å². The molecule has 1 aliphatic rings. The van der Waals surface area contributed by atoms with Crippen molar-refractivity contribution in [1.82, 2.24) is 10.6 Å². The van der Waals surface area contributed by atoms with Gasteiger partial charge in [-0.05, 0) is 69.9 Å². The van der Waals surface area contributed by atoms with Gasteiger partial charge in [-0.25, -0.2) is 4.79 Å². The van der Waals surface area contributed by atoms with E-state index in [1.807, 2.05) is 56.9 Å². The number of guanidine groups is 1. The van der Waals surface area contributed by atoms with Crippen LogP contribution in [0.25, 0.3) is 0 Å². The minimum absolute atomic E-state index is 0. The van der Waals surface area contributed by atoms with Gasteiger partial charge in [0.2, 0.25) is 0 Å². The highest BCUT2D eigenvalue weighted by molar-refractivity contribution is 14.0. The fraction of sp³-hybridized carbons (Fsp3) is 0.500. The van der Waals surface area contributed by atoms with Crippen molar-refractivity contribution in [1.29, 1.82) is 0 Å². The minimum atomic E-state index is -0.512. The Kier molecular flexibility index (Phi) is 9.42. The van der Waals surface area contributed by atoms with Crippen LogP contribution in [0.4, 0.5) is 10.5 Å². The van der Waals surface area contributed by atoms with Gasteiger partial charge < -0.3 is 19.8 Å². The maximum atomic E-state index is 12.8. The first-order valence-electron chi connectivity index (χ1n) is 10.9. The van der Waals surface area contributed by atoms with Crippen LogP contribution in [-0.4, -0.2) is 37.3 Å². The number of anilines is 1. The van der Waals surface area contributed by atoms with Crippen LogP contribution in [0.3, 0.4) is 0 Å². The zero-order chi connectivity index (χ0) is 22.4. The first kappa shape index (κ1) is 26.0. The van der Waals surface area contributed by atoms with E-state index >= 15 is 0 Å². The summed E-state index contributed by atoms with van der Waals surface area (Å²) in [6.07, 6.45) is 4.24. The van der Waals surface area contributed by atoms with Gasteiger partial charge in [0.05, 0.1) is 12.0 Å². The van der Waals surface area contributed by atoms with Crippen molar-refractivity contribution in [2.24, 2.45) is 4.99 Å². The number of aryl methyl sites for hydroxylation is 1. The molecule has 1 heterocycles. The molecule has 1 saturated carbocycles. The molecule has 32 heavy (non-hydrogen) atoms. The van der Waals surface area contributed by atoms with E-state index in [9.17, 15) is 4.79 Å². The number of ether oxygens (including phenoxy) is 1. The zero-order valence-corrected chi connectivity index (χ0v) is 21.9. The molecule has 1 fully saturated rings. The Balaban J connectivity index is 0.00000363. The molecule has 176 valence electrons. The van der Waals surface area contributed by atoms with Crippen LogP contribution in [0.1, 0.15) is 50.5 Å². The largest absolute Gasteiger partial charge is 0.469 e. The SMILES string of the molecule is CN=C(NCCc1ccco1)NCc1ccc(N(C(=O)OC(C)(C)C)C2CC2)c(C)c1.I. The Morgan fingerprint density at radius 3 is 2.56 bits per heavy atom. The summed E-state index contributed by atoms with van der Waals surface area (Å²) < 4.78 is 11.0. The molecule has 1 aliphatic carbocycles. The van der Waals surface area contributed by atoms with E-state index in [1.165, 1.54) is 0 Å². The lowest BCUT2D eigenvalue weighted by atomic mass is 10.1. The van der Waals surface area contributed by atoms with E-state index < -0.39 is 5.60 Å². The predicted molar refractivity (Wildman–Crippen MR) is 139 cm³/mol. The van der Waals surface area contributed by atoms with E-state index in [0.29, 0.717) is 6.54 Å². The van der Waals surface area contributed by atoms with Crippen molar-refractivity contribution >= 4 is 41.7 Å². The molecule has 0 unspecified atom stereocenters. The van der Waals surface area contributed by atoms with Gasteiger partial charge in [0.1, 0.15) is 11.4 Å². The van der Waals surface area contributed by atoms with Gasteiger partial charge in [0.15, 0.2) is 5.96 Å².